The van der Waals surface area contributed by atoms with Crippen LogP contribution in [0.2, 0.25) is 5.02 Å². The standard InChI is InChI=1S/C23H17ClN2O2S/c24-18-11-13-21(14-12-18)29(27)16-19-15-22(28-20-9-5-2-6-10-20)26-23(25-19)17-7-3-1-4-8-17/h1-15H,16H2/t29-/m1/s1. The summed E-state index contributed by atoms with van der Waals surface area (Å²) >= 11 is 5.93. The van der Waals surface area contributed by atoms with Crippen LogP contribution in [-0.4, -0.2) is 14.2 Å². The Morgan fingerprint density at radius 2 is 1.48 bits per heavy atom. The van der Waals surface area contributed by atoms with E-state index in [-0.39, 0.29) is 5.75 Å². The van der Waals surface area contributed by atoms with Crippen LogP contribution < -0.4 is 4.74 Å². The second kappa shape index (κ2) is 8.99. The van der Waals surface area contributed by atoms with Gasteiger partial charge in [0.05, 0.1) is 22.2 Å². The predicted octanol–water partition coefficient (Wildman–Crippen LogP) is 5.90. The Hall–Kier alpha value is -3.02. The lowest BCUT2D eigenvalue weighted by molar-refractivity contribution is 0.461. The van der Waals surface area contributed by atoms with Gasteiger partial charge in [-0.1, -0.05) is 60.1 Å². The van der Waals surface area contributed by atoms with Gasteiger partial charge in [-0.25, -0.2) is 4.98 Å². The van der Waals surface area contributed by atoms with Crippen molar-refractivity contribution in [2.75, 3.05) is 0 Å². The maximum Gasteiger partial charge on any atom is 0.223 e. The SMILES string of the molecule is O=[S@](Cc1cc(Oc2ccccc2)nc(-c2ccccc2)n1)c1ccc(Cl)cc1. The third-order valence-corrected chi connectivity index (χ3v) is 5.72. The van der Waals surface area contributed by atoms with Gasteiger partial charge in [0.1, 0.15) is 5.75 Å². The van der Waals surface area contributed by atoms with Gasteiger partial charge in [-0.2, -0.15) is 4.98 Å². The summed E-state index contributed by atoms with van der Waals surface area (Å²) in [5.41, 5.74) is 1.50. The first-order valence-corrected chi connectivity index (χ1v) is 10.7. The molecule has 1 aromatic heterocycles. The quantitative estimate of drug-likeness (QED) is 0.390. The van der Waals surface area contributed by atoms with Gasteiger partial charge in [0, 0.05) is 21.5 Å². The third kappa shape index (κ3) is 5.08. The van der Waals surface area contributed by atoms with E-state index < -0.39 is 10.8 Å². The van der Waals surface area contributed by atoms with Gasteiger partial charge < -0.3 is 4.74 Å². The number of rotatable bonds is 6. The molecule has 0 aliphatic carbocycles. The summed E-state index contributed by atoms with van der Waals surface area (Å²) in [6.07, 6.45) is 0. The zero-order valence-electron chi connectivity index (χ0n) is 15.4. The number of hydrogen-bond acceptors (Lipinski definition) is 4. The van der Waals surface area contributed by atoms with E-state index in [9.17, 15) is 4.21 Å². The predicted molar refractivity (Wildman–Crippen MR) is 116 cm³/mol. The molecule has 144 valence electrons. The molecule has 4 nitrogen and oxygen atoms in total. The number of benzene rings is 3. The lowest BCUT2D eigenvalue weighted by atomic mass is 10.2. The van der Waals surface area contributed by atoms with Crippen LogP contribution in [0.15, 0.2) is 95.9 Å². The fraction of sp³-hybridized carbons (Fsp3) is 0.0435. The number of ether oxygens (including phenoxy) is 1. The van der Waals surface area contributed by atoms with Crippen molar-refractivity contribution in [3.05, 3.63) is 102 Å². The highest BCUT2D eigenvalue weighted by atomic mass is 35.5. The maximum atomic E-state index is 12.8. The van der Waals surface area contributed by atoms with Gasteiger partial charge in [0.25, 0.3) is 0 Å². The molecular formula is C23H17ClN2O2S. The van der Waals surface area contributed by atoms with Gasteiger partial charge in [0.15, 0.2) is 5.82 Å². The summed E-state index contributed by atoms with van der Waals surface area (Å²) in [5.74, 6) is 1.86. The molecular weight excluding hydrogens is 404 g/mol. The Bertz CT molecular complexity index is 1120. The Morgan fingerprint density at radius 1 is 0.828 bits per heavy atom. The van der Waals surface area contributed by atoms with Crippen molar-refractivity contribution in [3.63, 3.8) is 0 Å². The second-order valence-electron chi connectivity index (χ2n) is 6.25. The van der Waals surface area contributed by atoms with Gasteiger partial charge >= 0.3 is 0 Å². The minimum Gasteiger partial charge on any atom is -0.439 e. The molecule has 4 aromatic rings. The molecule has 0 saturated carbocycles. The normalized spacial score (nSPS) is 11.8. The van der Waals surface area contributed by atoms with Crippen molar-refractivity contribution in [2.45, 2.75) is 10.6 Å². The van der Waals surface area contributed by atoms with Crippen LogP contribution in [0, 0.1) is 0 Å². The molecule has 0 radical (unpaired) electrons. The molecule has 0 aliphatic heterocycles. The third-order valence-electron chi connectivity index (χ3n) is 4.11. The van der Waals surface area contributed by atoms with E-state index in [1.807, 2.05) is 60.7 Å². The van der Waals surface area contributed by atoms with E-state index in [1.54, 1.807) is 30.3 Å². The zero-order valence-corrected chi connectivity index (χ0v) is 16.9. The first-order valence-electron chi connectivity index (χ1n) is 8.97. The van der Waals surface area contributed by atoms with E-state index in [4.69, 9.17) is 16.3 Å². The van der Waals surface area contributed by atoms with Crippen molar-refractivity contribution in [1.29, 1.82) is 0 Å². The molecule has 1 heterocycles. The highest BCUT2D eigenvalue weighted by Gasteiger charge is 2.12. The summed E-state index contributed by atoms with van der Waals surface area (Å²) in [5, 5.41) is 0.609. The second-order valence-corrected chi connectivity index (χ2v) is 8.13. The molecule has 1 atom stereocenters. The maximum absolute atomic E-state index is 12.8. The molecule has 0 N–H and O–H groups in total. The molecule has 0 fully saturated rings. The van der Waals surface area contributed by atoms with Crippen molar-refractivity contribution < 1.29 is 8.95 Å². The average molecular weight is 421 g/mol. The Labute approximate surface area is 176 Å². The molecule has 0 saturated heterocycles. The van der Waals surface area contributed by atoms with Crippen molar-refractivity contribution in [1.82, 2.24) is 9.97 Å². The van der Waals surface area contributed by atoms with Gasteiger partial charge in [-0.15, -0.1) is 0 Å². The number of para-hydroxylation sites is 1. The molecule has 0 aliphatic rings. The molecule has 6 heteroatoms. The highest BCUT2D eigenvalue weighted by Crippen LogP contribution is 2.25. The lowest BCUT2D eigenvalue weighted by Crippen LogP contribution is -2.03. The van der Waals surface area contributed by atoms with Crippen LogP contribution in [0.3, 0.4) is 0 Å². The molecule has 3 aromatic carbocycles. The highest BCUT2D eigenvalue weighted by molar-refractivity contribution is 7.84. The largest absolute Gasteiger partial charge is 0.439 e. The van der Waals surface area contributed by atoms with Crippen LogP contribution in [0.25, 0.3) is 11.4 Å². The summed E-state index contributed by atoms with van der Waals surface area (Å²) in [6, 6.07) is 27.8. The topological polar surface area (TPSA) is 52.1 Å². The molecule has 4 rings (SSSR count). The Kier molecular flexibility index (Phi) is 5.98. The van der Waals surface area contributed by atoms with Gasteiger partial charge in [-0.3, -0.25) is 4.21 Å². The summed E-state index contributed by atoms with van der Waals surface area (Å²) in [4.78, 5) is 9.85. The monoisotopic (exact) mass is 420 g/mol. The van der Waals surface area contributed by atoms with Crippen molar-refractivity contribution in [3.8, 4) is 23.0 Å². The number of halogens is 1. The van der Waals surface area contributed by atoms with Crippen LogP contribution in [0.5, 0.6) is 11.6 Å². The summed E-state index contributed by atoms with van der Waals surface area (Å²) in [7, 11) is -1.27. The summed E-state index contributed by atoms with van der Waals surface area (Å²) in [6.45, 7) is 0. The molecule has 0 spiro atoms. The van der Waals surface area contributed by atoms with Crippen molar-refractivity contribution >= 4 is 22.4 Å². The van der Waals surface area contributed by atoms with Gasteiger partial charge in [0.2, 0.25) is 5.88 Å². The fourth-order valence-corrected chi connectivity index (χ4v) is 3.88. The van der Waals surface area contributed by atoms with Crippen LogP contribution in [-0.2, 0) is 16.6 Å². The molecule has 0 amide bonds. The molecule has 0 unspecified atom stereocenters. The van der Waals surface area contributed by atoms with Crippen LogP contribution in [0.1, 0.15) is 5.69 Å². The Balaban J connectivity index is 1.67. The minimum atomic E-state index is -1.27. The minimum absolute atomic E-state index is 0.245. The zero-order chi connectivity index (χ0) is 20.1. The molecule has 0 bridgehead atoms. The van der Waals surface area contributed by atoms with E-state index >= 15 is 0 Å². The molecule has 29 heavy (non-hydrogen) atoms. The fourth-order valence-electron chi connectivity index (χ4n) is 2.73. The van der Waals surface area contributed by atoms with Crippen LogP contribution >= 0.6 is 11.6 Å². The van der Waals surface area contributed by atoms with E-state index in [2.05, 4.69) is 9.97 Å². The van der Waals surface area contributed by atoms with Crippen molar-refractivity contribution in [2.24, 2.45) is 0 Å². The van der Waals surface area contributed by atoms with E-state index in [0.29, 0.717) is 33.1 Å². The van der Waals surface area contributed by atoms with Crippen LogP contribution in [0.4, 0.5) is 0 Å². The average Bonchev–Trinajstić information content (AvgIpc) is 2.75. The number of aromatic nitrogens is 2. The van der Waals surface area contributed by atoms with E-state index in [1.165, 1.54) is 0 Å². The number of nitrogens with zero attached hydrogens (tertiary/aromatic N) is 2. The van der Waals surface area contributed by atoms with E-state index in [0.717, 1.165) is 5.56 Å². The number of hydrogen-bond donors (Lipinski definition) is 0. The smallest absolute Gasteiger partial charge is 0.223 e. The summed E-state index contributed by atoms with van der Waals surface area (Å²) < 4.78 is 18.7. The van der Waals surface area contributed by atoms with Gasteiger partial charge in [-0.05, 0) is 36.4 Å². The first kappa shape index (κ1) is 19.3. The Morgan fingerprint density at radius 3 is 2.17 bits per heavy atom. The lowest BCUT2D eigenvalue weighted by Gasteiger charge is -2.10. The first-order chi connectivity index (χ1) is 14.2.